The van der Waals surface area contributed by atoms with E-state index < -0.39 is 0 Å². The van der Waals surface area contributed by atoms with Crippen molar-refractivity contribution in [3.05, 3.63) is 58.6 Å². The number of hydrogen-bond acceptors (Lipinski definition) is 1. The van der Waals surface area contributed by atoms with Crippen LogP contribution in [0.1, 0.15) is 11.3 Å². The smallest absolute Gasteiger partial charge is 0.141 e. The van der Waals surface area contributed by atoms with Crippen LogP contribution in [0.3, 0.4) is 0 Å². The molecule has 0 spiro atoms. The maximum absolute atomic E-state index is 13.0. The minimum Gasteiger partial charge on any atom is -0.347 e. The third kappa shape index (κ3) is 2.87. The summed E-state index contributed by atoms with van der Waals surface area (Å²) in [4.78, 5) is 0. The molecule has 2 nitrogen and oxygen atoms in total. The zero-order valence-electron chi connectivity index (χ0n) is 9.37. The van der Waals surface area contributed by atoms with Crippen LogP contribution in [0.15, 0.2) is 36.5 Å². The molecule has 0 fully saturated rings. The van der Waals surface area contributed by atoms with E-state index in [2.05, 4.69) is 4.57 Å². The first-order valence-electron chi connectivity index (χ1n) is 5.48. The number of rotatable bonds is 4. The molecular formula is C13H14ClFN2. The van der Waals surface area contributed by atoms with E-state index in [0.717, 1.165) is 12.0 Å². The van der Waals surface area contributed by atoms with Crippen molar-refractivity contribution in [3.63, 3.8) is 0 Å². The van der Waals surface area contributed by atoms with Crippen molar-refractivity contribution in [2.45, 2.75) is 13.0 Å². The van der Waals surface area contributed by atoms with Crippen LogP contribution >= 0.6 is 11.6 Å². The summed E-state index contributed by atoms with van der Waals surface area (Å²) in [5.74, 6) is -0.384. The van der Waals surface area contributed by atoms with Gasteiger partial charge in [-0.1, -0.05) is 17.7 Å². The predicted octanol–water partition coefficient (Wildman–Crippen LogP) is 2.83. The molecule has 0 atom stereocenters. The summed E-state index contributed by atoms with van der Waals surface area (Å²) in [7, 11) is 0. The molecule has 2 aromatic rings. The fraction of sp³-hybridized carbons (Fsp3) is 0.231. The topological polar surface area (TPSA) is 30.9 Å². The molecule has 0 radical (unpaired) electrons. The second kappa shape index (κ2) is 5.34. The van der Waals surface area contributed by atoms with Gasteiger partial charge in [0.1, 0.15) is 5.82 Å². The molecule has 2 rings (SSSR count). The van der Waals surface area contributed by atoms with Crippen molar-refractivity contribution in [2.24, 2.45) is 5.73 Å². The molecule has 0 aliphatic carbocycles. The summed E-state index contributed by atoms with van der Waals surface area (Å²) in [5.41, 5.74) is 7.69. The van der Waals surface area contributed by atoms with E-state index in [1.165, 1.54) is 11.8 Å². The first-order chi connectivity index (χ1) is 8.20. The molecule has 0 saturated heterocycles. The van der Waals surface area contributed by atoms with Crippen LogP contribution in [0, 0.1) is 5.82 Å². The van der Waals surface area contributed by atoms with Crippen molar-refractivity contribution in [2.75, 3.05) is 6.54 Å². The van der Waals surface area contributed by atoms with Crippen LogP contribution < -0.4 is 5.73 Å². The Hall–Kier alpha value is -1.32. The highest BCUT2D eigenvalue weighted by molar-refractivity contribution is 6.30. The molecule has 17 heavy (non-hydrogen) atoms. The lowest BCUT2D eigenvalue weighted by atomic mass is 10.2. The normalized spacial score (nSPS) is 10.8. The average Bonchev–Trinajstić information content (AvgIpc) is 2.72. The van der Waals surface area contributed by atoms with Gasteiger partial charge in [-0.3, -0.25) is 0 Å². The first-order valence-corrected chi connectivity index (χ1v) is 5.86. The van der Waals surface area contributed by atoms with Gasteiger partial charge in [-0.2, -0.15) is 0 Å². The second-order valence-electron chi connectivity index (χ2n) is 3.91. The number of benzene rings is 1. The van der Waals surface area contributed by atoms with Crippen LogP contribution in [-0.4, -0.2) is 11.1 Å². The lowest BCUT2D eigenvalue weighted by molar-refractivity contribution is 0.626. The number of aromatic nitrogens is 1. The van der Waals surface area contributed by atoms with Crippen LogP contribution in [0.2, 0.25) is 5.02 Å². The van der Waals surface area contributed by atoms with E-state index in [4.69, 9.17) is 17.3 Å². The van der Waals surface area contributed by atoms with Crippen molar-refractivity contribution in [3.8, 4) is 0 Å². The van der Waals surface area contributed by atoms with Crippen molar-refractivity contribution in [1.29, 1.82) is 0 Å². The molecule has 0 amide bonds. The van der Waals surface area contributed by atoms with Gasteiger partial charge in [0.15, 0.2) is 0 Å². The molecule has 2 N–H and O–H groups in total. The highest BCUT2D eigenvalue weighted by Gasteiger charge is 2.04. The fourth-order valence-corrected chi connectivity index (χ4v) is 2.02. The molecular weight excluding hydrogens is 239 g/mol. The Labute approximate surface area is 105 Å². The molecule has 0 aliphatic rings. The highest BCUT2D eigenvalue weighted by atomic mass is 35.5. The van der Waals surface area contributed by atoms with Gasteiger partial charge in [-0.05, 0) is 42.8 Å². The Morgan fingerprint density at radius 1 is 1.29 bits per heavy atom. The summed E-state index contributed by atoms with van der Waals surface area (Å²) in [6.07, 6.45) is 2.82. The molecule has 0 saturated carbocycles. The van der Waals surface area contributed by atoms with Gasteiger partial charge in [0.05, 0.1) is 5.02 Å². The Kier molecular flexibility index (Phi) is 3.82. The van der Waals surface area contributed by atoms with Crippen LogP contribution in [0.5, 0.6) is 0 Å². The summed E-state index contributed by atoms with van der Waals surface area (Å²) < 4.78 is 15.1. The third-order valence-electron chi connectivity index (χ3n) is 2.66. The van der Waals surface area contributed by atoms with Gasteiger partial charge in [0.2, 0.25) is 0 Å². The van der Waals surface area contributed by atoms with E-state index in [-0.39, 0.29) is 10.8 Å². The lowest BCUT2D eigenvalue weighted by Crippen LogP contribution is -2.09. The summed E-state index contributed by atoms with van der Waals surface area (Å²) in [5, 5.41) is 0.162. The van der Waals surface area contributed by atoms with E-state index in [9.17, 15) is 4.39 Å². The van der Waals surface area contributed by atoms with Gasteiger partial charge in [0.25, 0.3) is 0 Å². The zero-order chi connectivity index (χ0) is 12.3. The summed E-state index contributed by atoms with van der Waals surface area (Å²) in [6.45, 7) is 1.30. The van der Waals surface area contributed by atoms with E-state index in [1.807, 2.05) is 18.3 Å². The molecule has 0 aliphatic heterocycles. The zero-order valence-corrected chi connectivity index (χ0v) is 10.1. The van der Waals surface area contributed by atoms with Gasteiger partial charge in [-0.15, -0.1) is 0 Å². The maximum Gasteiger partial charge on any atom is 0.141 e. The summed E-state index contributed by atoms with van der Waals surface area (Å²) in [6, 6.07) is 8.81. The van der Waals surface area contributed by atoms with Gasteiger partial charge < -0.3 is 10.3 Å². The van der Waals surface area contributed by atoms with Gasteiger partial charge >= 0.3 is 0 Å². The molecule has 0 unspecified atom stereocenters. The predicted molar refractivity (Wildman–Crippen MR) is 67.7 cm³/mol. The largest absolute Gasteiger partial charge is 0.347 e. The minimum atomic E-state index is -0.384. The standard InChI is InChI=1S/C13H14ClFN2/c14-12-8-10(3-4-13(12)15)9-17-7-1-2-11(17)5-6-16/h1-4,7-8H,5-6,9,16H2. The van der Waals surface area contributed by atoms with Gasteiger partial charge in [-0.25, -0.2) is 4.39 Å². The Balaban J connectivity index is 2.19. The minimum absolute atomic E-state index is 0.162. The van der Waals surface area contributed by atoms with Crippen molar-refractivity contribution in [1.82, 2.24) is 4.57 Å². The van der Waals surface area contributed by atoms with E-state index in [0.29, 0.717) is 13.1 Å². The van der Waals surface area contributed by atoms with Crippen LogP contribution in [0.4, 0.5) is 4.39 Å². The number of nitrogens with zero attached hydrogens (tertiary/aromatic N) is 1. The SMILES string of the molecule is NCCc1cccn1Cc1ccc(F)c(Cl)c1. The third-order valence-corrected chi connectivity index (χ3v) is 2.95. The van der Waals surface area contributed by atoms with Gasteiger partial charge in [0, 0.05) is 18.4 Å². The Bertz CT molecular complexity index is 508. The number of hydrogen-bond donors (Lipinski definition) is 1. The Morgan fingerprint density at radius 2 is 2.12 bits per heavy atom. The van der Waals surface area contributed by atoms with Crippen LogP contribution in [0.25, 0.3) is 0 Å². The van der Waals surface area contributed by atoms with Crippen LogP contribution in [-0.2, 0) is 13.0 Å². The summed E-state index contributed by atoms with van der Waals surface area (Å²) >= 11 is 5.75. The molecule has 90 valence electrons. The quantitative estimate of drug-likeness (QED) is 0.891. The second-order valence-corrected chi connectivity index (χ2v) is 4.32. The lowest BCUT2D eigenvalue weighted by Gasteiger charge is -2.09. The maximum atomic E-state index is 13.0. The monoisotopic (exact) mass is 252 g/mol. The molecule has 1 aromatic heterocycles. The fourth-order valence-electron chi connectivity index (χ4n) is 1.81. The molecule has 1 aromatic carbocycles. The number of nitrogens with two attached hydrogens (primary N) is 1. The number of halogens is 2. The van der Waals surface area contributed by atoms with E-state index >= 15 is 0 Å². The highest BCUT2D eigenvalue weighted by Crippen LogP contribution is 2.17. The molecule has 4 heteroatoms. The molecule has 1 heterocycles. The Morgan fingerprint density at radius 3 is 2.82 bits per heavy atom. The molecule has 0 bridgehead atoms. The first kappa shape index (κ1) is 12.1. The van der Waals surface area contributed by atoms with E-state index in [1.54, 1.807) is 12.1 Å². The average molecular weight is 253 g/mol. The van der Waals surface area contributed by atoms with Crippen molar-refractivity contribution < 1.29 is 4.39 Å². The van der Waals surface area contributed by atoms with Crippen molar-refractivity contribution >= 4 is 11.6 Å².